The Morgan fingerprint density at radius 3 is 2.41 bits per heavy atom. The molecular formula is C21H31N3O4S. The molecule has 1 aromatic carbocycles. The number of morpholine rings is 1. The summed E-state index contributed by atoms with van der Waals surface area (Å²) in [6.45, 7) is 9.37. The van der Waals surface area contributed by atoms with Crippen molar-refractivity contribution >= 4 is 10.0 Å². The van der Waals surface area contributed by atoms with Crippen molar-refractivity contribution in [2.75, 3.05) is 39.5 Å². The van der Waals surface area contributed by atoms with Crippen molar-refractivity contribution in [3.63, 3.8) is 0 Å². The molecule has 0 bridgehead atoms. The van der Waals surface area contributed by atoms with Gasteiger partial charge in [0.15, 0.2) is 0 Å². The SMILES string of the molecule is CCOc1c(C)cc(S(=O)(=O)NCC(c2cccn2C)N2CCOCC2)cc1C. The van der Waals surface area contributed by atoms with E-state index in [4.69, 9.17) is 9.47 Å². The average molecular weight is 422 g/mol. The number of sulfonamides is 1. The number of nitrogens with one attached hydrogen (secondary N) is 1. The lowest BCUT2D eigenvalue weighted by molar-refractivity contribution is 0.0158. The molecule has 1 aliphatic heterocycles. The highest BCUT2D eigenvalue weighted by molar-refractivity contribution is 7.89. The van der Waals surface area contributed by atoms with Crippen molar-refractivity contribution in [1.29, 1.82) is 0 Å². The van der Waals surface area contributed by atoms with Crippen molar-refractivity contribution in [3.8, 4) is 5.75 Å². The molecule has 29 heavy (non-hydrogen) atoms. The van der Waals surface area contributed by atoms with Gasteiger partial charge in [0.2, 0.25) is 10.0 Å². The molecule has 1 atom stereocenters. The van der Waals surface area contributed by atoms with Gasteiger partial charge in [0.1, 0.15) is 5.75 Å². The summed E-state index contributed by atoms with van der Waals surface area (Å²) in [5, 5.41) is 0. The Morgan fingerprint density at radius 1 is 1.21 bits per heavy atom. The minimum atomic E-state index is -3.65. The van der Waals surface area contributed by atoms with Crippen LogP contribution in [0.25, 0.3) is 0 Å². The fraction of sp³-hybridized carbons (Fsp3) is 0.524. The maximum atomic E-state index is 13.0. The molecule has 0 radical (unpaired) electrons. The van der Waals surface area contributed by atoms with Gasteiger partial charge in [-0.3, -0.25) is 4.90 Å². The summed E-state index contributed by atoms with van der Waals surface area (Å²) in [7, 11) is -1.66. The van der Waals surface area contributed by atoms with Crippen LogP contribution in [0, 0.1) is 13.8 Å². The van der Waals surface area contributed by atoms with Gasteiger partial charge >= 0.3 is 0 Å². The molecule has 1 N–H and O–H groups in total. The van der Waals surface area contributed by atoms with Crippen LogP contribution < -0.4 is 9.46 Å². The maximum Gasteiger partial charge on any atom is 0.240 e. The molecule has 1 fully saturated rings. The number of hydrogen-bond acceptors (Lipinski definition) is 5. The van der Waals surface area contributed by atoms with E-state index in [0.717, 1.165) is 35.7 Å². The van der Waals surface area contributed by atoms with Crippen LogP contribution in [0.2, 0.25) is 0 Å². The lowest BCUT2D eigenvalue weighted by atomic mass is 10.1. The third-order valence-electron chi connectivity index (χ3n) is 5.31. The number of benzene rings is 1. The van der Waals surface area contributed by atoms with Gasteiger partial charge in [-0.25, -0.2) is 13.1 Å². The second-order valence-corrected chi connectivity index (χ2v) is 9.15. The molecule has 2 heterocycles. The van der Waals surface area contributed by atoms with Crippen LogP contribution in [0.1, 0.15) is 29.8 Å². The van der Waals surface area contributed by atoms with Crippen LogP contribution in [-0.4, -0.2) is 57.3 Å². The largest absolute Gasteiger partial charge is 0.493 e. The number of hydrogen-bond donors (Lipinski definition) is 1. The zero-order chi connectivity index (χ0) is 21.0. The van der Waals surface area contributed by atoms with Crippen LogP contribution in [0.4, 0.5) is 0 Å². The Hall–Kier alpha value is -1.87. The van der Waals surface area contributed by atoms with E-state index in [0.29, 0.717) is 26.4 Å². The number of nitrogens with zero attached hydrogens (tertiary/aromatic N) is 2. The standard InChI is InChI=1S/C21H31N3O4S/c1-5-28-21-16(2)13-18(14-17(21)3)29(25,26)22-15-20(19-7-6-8-23(19)4)24-9-11-27-12-10-24/h6-8,13-14,20,22H,5,9-12,15H2,1-4H3. The third kappa shape index (κ3) is 5.01. The van der Waals surface area contributed by atoms with Gasteiger partial charge < -0.3 is 14.0 Å². The van der Waals surface area contributed by atoms with Crippen LogP contribution in [0.5, 0.6) is 5.75 Å². The zero-order valence-corrected chi connectivity index (χ0v) is 18.5. The first-order valence-corrected chi connectivity index (χ1v) is 11.5. The second kappa shape index (κ2) is 9.30. The van der Waals surface area contributed by atoms with Crippen molar-refractivity contribution in [3.05, 3.63) is 47.3 Å². The number of rotatable bonds is 8. The Balaban J connectivity index is 1.82. The highest BCUT2D eigenvalue weighted by atomic mass is 32.2. The number of aryl methyl sites for hydroxylation is 3. The van der Waals surface area contributed by atoms with Crippen LogP contribution in [0.15, 0.2) is 35.4 Å². The summed E-state index contributed by atoms with van der Waals surface area (Å²) >= 11 is 0. The Labute approximate surface area is 173 Å². The van der Waals surface area contributed by atoms with E-state index in [2.05, 4.69) is 9.62 Å². The fourth-order valence-corrected chi connectivity index (χ4v) is 5.05. The van der Waals surface area contributed by atoms with Gasteiger partial charge in [0.25, 0.3) is 0 Å². The molecule has 1 unspecified atom stereocenters. The monoisotopic (exact) mass is 421 g/mol. The summed E-state index contributed by atoms with van der Waals surface area (Å²) in [5.41, 5.74) is 2.72. The topological polar surface area (TPSA) is 72.8 Å². The summed E-state index contributed by atoms with van der Waals surface area (Å²) in [6.07, 6.45) is 1.98. The molecule has 0 spiro atoms. The van der Waals surface area contributed by atoms with Gasteiger partial charge in [0, 0.05) is 38.6 Å². The van der Waals surface area contributed by atoms with E-state index >= 15 is 0 Å². The highest BCUT2D eigenvalue weighted by Gasteiger charge is 2.27. The molecule has 0 saturated carbocycles. The molecule has 2 aromatic rings. The summed E-state index contributed by atoms with van der Waals surface area (Å²) in [6, 6.07) is 7.31. The molecule has 1 aromatic heterocycles. The Kier molecular flexibility index (Phi) is 7.00. The Bertz CT molecular complexity index is 910. The predicted molar refractivity (Wildman–Crippen MR) is 113 cm³/mol. The molecule has 160 valence electrons. The lowest BCUT2D eigenvalue weighted by Gasteiger charge is -2.34. The number of aromatic nitrogens is 1. The van der Waals surface area contributed by atoms with E-state index in [1.165, 1.54) is 0 Å². The summed E-state index contributed by atoms with van der Waals surface area (Å²) < 4.78 is 42.1. The first-order chi connectivity index (χ1) is 13.8. The van der Waals surface area contributed by atoms with Crippen molar-refractivity contribution in [1.82, 2.24) is 14.2 Å². The van der Waals surface area contributed by atoms with Gasteiger partial charge in [0.05, 0.1) is 30.8 Å². The lowest BCUT2D eigenvalue weighted by Crippen LogP contribution is -2.44. The molecule has 8 heteroatoms. The normalized spacial score (nSPS) is 16.7. The van der Waals surface area contributed by atoms with Crippen LogP contribution in [-0.2, 0) is 21.8 Å². The van der Waals surface area contributed by atoms with Crippen molar-refractivity contribution in [2.24, 2.45) is 7.05 Å². The molecule has 1 saturated heterocycles. The molecule has 7 nitrogen and oxygen atoms in total. The average Bonchev–Trinajstić information content (AvgIpc) is 3.11. The van der Waals surface area contributed by atoms with E-state index in [1.54, 1.807) is 12.1 Å². The maximum absolute atomic E-state index is 13.0. The van der Waals surface area contributed by atoms with E-state index in [1.807, 2.05) is 50.7 Å². The van der Waals surface area contributed by atoms with Crippen LogP contribution >= 0.6 is 0 Å². The quantitative estimate of drug-likeness (QED) is 0.709. The van der Waals surface area contributed by atoms with Crippen molar-refractivity contribution < 1.29 is 17.9 Å². The highest BCUT2D eigenvalue weighted by Crippen LogP contribution is 2.27. The second-order valence-electron chi connectivity index (χ2n) is 7.38. The molecule has 1 aliphatic rings. The molecule has 0 amide bonds. The smallest absolute Gasteiger partial charge is 0.240 e. The van der Waals surface area contributed by atoms with Gasteiger partial charge in [-0.15, -0.1) is 0 Å². The van der Waals surface area contributed by atoms with Gasteiger partial charge in [-0.2, -0.15) is 0 Å². The third-order valence-corrected chi connectivity index (χ3v) is 6.71. The van der Waals surface area contributed by atoms with Gasteiger partial charge in [-0.1, -0.05) is 0 Å². The van der Waals surface area contributed by atoms with Gasteiger partial charge in [-0.05, 0) is 56.2 Å². The van der Waals surface area contributed by atoms with Crippen molar-refractivity contribution in [2.45, 2.75) is 31.7 Å². The molecule has 3 rings (SSSR count). The van der Waals surface area contributed by atoms with E-state index in [9.17, 15) is 8.42 Å². The first kappa shape index (κ1) is 21.8. The zero-order valence-electron chi connectivity index (χ0n) is 17.6. The Morgan fingerprint density at radius 2 is 1.86 bits per heavy atom. The fourth-order valence-electron chi connectivity index (χ4n) is 3.84. The molecule has 0 aliphatic carbocycles. The summed E-state index contributed by atoms with van der Waals surface area (Å²) in [5.74, 6) is 0.751. The minimum Gasteiger partial charge on any atom is -0.493 e. The minimum absolute atomic E-state index is 0.0569. The summed E-state index contributed by atoms with van der Waals surface area (Å²) in [4.78, 5) is 2.54. The van der Waals surface area contributed by atoms with E-state index in [-0.39, 0.29) is 10.9 Å². The molecular weight excluding hydrogens is 390 g/mol. The first-order valence-electron chi connectivity index (χ1n) is 10.00. The van der Waals surface area contributed by atoms with Crippen LogP contribution in [0.3, 0.4) is 0 Å². The van der Waals surface area contributed by atoms with E-state index < -0.39 is 10.0 Å². The number of ether oxygens (including phenoxy) is 2. The predicted octanol–water partition coefficient (Wildman–Crippen LogP) is 2.39.